The predicted molar refractivity (Wildman–Crippen MR) is 74.1 cm³/mol. The number of halogens is 2. The summed E-state index contributed by atoms with van der Waals surface area (Å²) in [6, 6.07) is 4.78. The van der Waals surface area contributed by atoms with E-state index in [0.717, 1.165) is 31.4 Å². The van der Waals surface area contributed by atoms with Crippen LogP contribution in [0.5, 0.6) is 0 Å². The number of hydrogen-bond acceptors (Lipinski definition) is 2. The molecule has 5 heteroatoms. The number of aliphatic carboxylic acids is 1. The van der Waals surface area contributed by atoms with Crippen LogP contribution >= 0.6 is 11.6 Å². The second kappa shape index (κ2) is 5.01. The van der Waals surface area contributed by atoms with Crippen LogP contribution in [0.15, 0.2) is 18.2 Å². The third-order valence-corrected chi connectivity index (χ3v) is 5.06. The number of nitrogens with zero attached hydrogens (tertiary/aromatic N) is 1. The Balaban J connectivity index is 1.74. The number of benzene rings is 1. The zero-order valence-electron chi connectivity index (χ0n) is 11.1. The van der Waals surface area contributed by atoms with Crippen molar-refractivity contribution < 1.29 is 14.3 Å². The van der Waals surface area contributed by atoms with Gasteiger partial charge in [0.25, 0.3) is 0 Å². The molecule has 20 heavy (non-hydrogen) atoms. The lowest BCUT2D eigenvalue weighted by atomic mass is 9.81. The van der Waals surface area contributed by atoms with Gasteiger partial charge < -0.3 is 5.11 Å². The zero-order chi connectivity index (χ0) is 14.3. The molecule has 1 N–H and O–H groups in total. The van der Waals surface area contributed by atoms with Gasteiger partial charge in [0, 0.05) is 19.6 Å². The summed E-state index contributed by atoms with van der Waals surface area (Å²) in [6.45, 7) is 1.94. The Morgan fingerprint density at radius 2 is 2.35 bits per heavy atom. The monoisotopic (exact) mass is 297 g/mol. The van der Waals surface area contributed by atoms with Crippen molar-refractivity contribution in [3.05, 3.63) is 34.6 Å². The maximum atomic E-state index is 13.4. The molecule has 0 radical (unpaired) electrons. The Hall–Kier alpha value is -1.13. The fourth-order valence-corrected chi connectivity index (χ4v) is 3.88. The molecular formula is C15H17ClFNO2. The van der Waals surface area contributed by atoms with Crippen LogP contribution in [0.3, 0.4) is 0 Å². The van der Waals surface area contributed by atoms with E-state index in [2.05, 4.69) is 4.90 Å². The smallest absolute Gasteiger partial charge is 0.311 e. The maximum Gasteiger partial charge on any atom is 0.311 e. The van der Waals surface area contributed by atoms with Crippen molar-refractivity contribution in [3.8, 4) is 0 Å². The van der Waals surface area contributed by atoms with Crippen LogP contribution in [0.1, 0.15) is 24.8 Å². The fraction of sp³-hybridized carbons (Fsp3) is 0.533. The van der Waals surface area contributed by atoms with Crippen LogP contribution in [0, 0.1) is 17.2 Å². The summed E-state index contributed by atoms with van der Waals surface area (Å²) in [4.78, 5) is 13.7. The minimum atomic E-state index is -0.676. The van der Waals surface area contributed by atoms with Crippen LogP contribution in [0.25, 0.3) is 0 Å². The molecule has 3 rings (SSSR count). The van der Waals surface area contributed by atoms with Crippen molar-refractivity contribution in [1.82, 2.24) is 4.90 Å². The van der Waals surface area contributed by atoms with Gasteiger partial charge >= 0.3 is 5.97 Å². The molecule has 108 valence electrons. The molecule has 2 atom stereocenters. The van der Waals surface area contributed by atoms with Crippen molar-refractivity contribution in [2.45, 2.75) is 25.8 Å². The molecule has 0 amide bonds. The summed E-state index contributed by atoms with van der Waals surface area (Å²) in [5.41, 5.74) is 0.262. The van der Waals surface area contributed by atoms with Crippen LogP contribution in [-0.4, -0.2) is 29.1 Å². The molecule has 2 aliphatic rings. The summed E-state index contributed by atoms with van der Waals surface area (Å²) in [5, 5.41) is 9.65. The van der Waals surface area contributed by atoms with Crippen LogP contribution < -0.4 is 0 Å². The normalized spacial score (nSPS) is 29.6. The first-order chi connectivity index (χ1) is 9.51. The third-order valence-electron chi connectivity index (χ3n) is 4.76. The van der Waals surface area contributed by atoms with Gasteiger partial charge in [-0.15, -0.1) is 0 Å². The first-order valence-electron chi connectivity index (χ1n) is 6.91. The molecule has 1 saturated heterocycles. The van der Waals surface area contributed by atoms with Gasteiger partial charge in [-0.3, -0.25) is 9.69 Å². The Labute approximate surface area is 122 Å². The summed E-state index contributed by atoms with van der Waals surface area (Å²) in [5.74, 6) is -0.863. The van der Waals surface area contributed by atoms with E-state index in [4.69, 9.17) is 11.6 Å². The first kappa shape index (κ1) is 13.8. The highest BCUT2D eigenvalue weighted by Gasteiger charge is 2.54. The van der Waals surface area contributed by atoms with Gasteiger partial charge in [-0.05, 0) is 36.5 Å². The van der Waals surface area contributed by atoms with E-state index in [0.29, 0.717) is 13.1 Å². The molecule has 1 aliphatic carbocycles. The quantitative estimate of drug-likeness (QED) is 0.931. The molecule has 1 saturated carbocycles. The average Bonchev–Trinajstić information content (AvgIpc) is 2.91. The SMILES string of the molecule is O=C(O)[C@@]12CCC[C@H]1CN(Cc1ccc(Cl)c(F)c1)C2. The number of rotatable bonds is 3. The highest BCUT2D eigenvalue weighted by atomic mass is 35.5. The second-order valence-corrected chi connectivity index (χ2v) is 6.38. The highest BCUT2D eigenvalue weighted by molar-refractivity contribution is 6.30. The van der Waals surface area contributed by atoms with Gasteiger partial charge in [0.05, 0.1) is 10.4 Å². The minimum Gasteiger partial charge on any atom is -0.481 e. The Morgan fingerprint density at radius 1 is 1.55 bits per heavy atom. The molecule has 1 aromatic carbocycles. The number of carbonyl (C=O) groups is 1. The summed E-state index contributed by atoms with van der Waals surface area (Å²) < 4.78 is 13.4. The number of likely N-dealkylation sites (tertiary alicyclic amines) is 1. The van der Waals surface area contributed by atoms with Crippen molar-refractivity contribution in [1.29, 1.82) is 0 Å². The summed E-state index contributed by atoms with van der Waals surface area (Å²) in [6.07, 6.45) is 2.75. The van der Waals surface area contributed by atoms with Gasteiger partial charge in [-0.25, -0.2) is 4.39 Å². The molecule has 2 fully saturated rings. The Morgan fingerprint density at radius 3 is 3.00 bits per heavy atom. The lowest BCUT2D eigenvalue weighted by Gasteiger charge is -2.23. The molecule has 1 heterocycles. The van der Waals surface area contributed by atoms with Gasteiger partial charge in [-0.1, -0.05) is 24.1 Å². The van der Waals surface area contributed by atoms with Crippen LogP contribution in [-0.2, 0) is 11.3 Å². The fourth-order valence-electron chi connectivity index (χ4n) is 3.76. The molecule has 1 aliphatic heterocycles. The van der Waals surface area contributed by atoms with Crippen molar-refractivity contribution in [2.75, 3.05) is 13.1 Å². The van der Waals surface area contributed by atoms with E-state index in [1.807, 2.05) is 0 Å². The van der Waals surface area contributed by atoms with E-state index in [1.54, 1.807) is 12.1 Å². The second-order valence-electron chi connectivity index (χ2n) is 5.97. The standard InChI is InChI=1S/C15H17ClFNO2/c16-12-4-3-10(6-13(12)17)7-18-8-11-2-1-5-15(11,9-18)14(19)20/h3-4,6,11H,1-2,5,7-9H2,(H,19,20)/t11-,15+/m0/s1. The zero-order valence-corrected chi connectivity index (χ0v) is 11.9. The first-order valence-corrected chi connectivity index (χ1v) is 7.29. The maximum absolute atomic E-state index is 13.4. The van der Waals surface area contributed by atoms with Crippen LogP contribution in [0.4, 0.5) is 4.39 Å². The van der Waals surface area contributed by atoms with E-state index in [1.165, 1.54) is 6.07 Å². The topological polar surface area (TPSA) is 40.5 Å². The lowest BCUT2D eigenvalue weighted by molar-refractivity contribution is -0.149. The molecule has 0 bridgehead atoms. The van der Waals surface area contributed by atoms with E-state index in [9.17, 15) is 14.3 Å². The molecule has 0 aromatic heterocycles. The van der Waals surface area contributed by atoms with E-state index in [-0.39, 0.29) is 10.9 Å². The summed E-state index contributed by atoms with van der Waals surface area (Å²) >= 11 is 5.67. The number of carboxylic acids is 1. The van der Waals surface area contributed by atoms with E-state index < -0.39 is 17.2 Å². The lowest BCUT2D eigenvalue weighted by Crippen LogP contribution is -2.35. The van der Waals surface area contributed by atoms with Gasteiger partial charge in [0.15, 0.2) is 0 Å². The highest BCUT2D eigenvalue weighted by Crippen LogP contribution is 2.49. The van der Waals surface area contributed by atoms with Crippen molar-refractivity contribution >= 4 is 17.6 Å². The summed E-state index contributed by atoms with van der Waals surface area (Å²) in [7, 11) is 0. The molecule has 0 spiro atoms. The third kappa shape index (κ3) is 2.21. The number of fused-ring (bicyclic) bond motifs is 1. The van der Waals surface area contributed by atoms with Gasteiger partial charge in [-0.2, -0.15) is 0 Å². The molecule has 1 aromatic rings. The Bertz CT molecular complexity index is 551. The van der Waals surface area contributed by atoms with Crippen LogP contribution in [0.2, 0.25) is 5.02 Å². The minimum absolute atomic E-state index is 0.119. The largest absolute Gasteiger partial charge is 0.481 e. The van der Waals surface area contributed by atoms with Crippen molar-refractivity contribution in [2.24, 2.45) is 11.3 Å². The molecular weight excluding hydrogens is 281 g/mol. The molecule has 3 nitrogen and oxygen atoms in total. The van der Waals surface area contributed by atoms with Gasteiger partial charge in [0.2, 0.25) is 0 Å². The van der Waals surface area contributed by atoms with Crippen molar-refractivity contribution in [3.63, 3.8) is 0 Å². The average molecular weight is 298 g/mol. The van der Waals surface area contributed by atoms with Gasteiger partial charge in [0.1, 0.15) is 5.82 Å². The molecule has 0 unspecified atom stereocenters. The number of carboxylic acid groups (broad SMARTS) is 1. The van der Waals surface area contributed by atoms with E-state index >= 15 is 0 Å². The predicted octanol–water partition coefficient (Wildman–Crippen LogP) is 3.17. The Kier molecular flexibility index (Phi) is 3.46. The number of hydrogen-bond donors (Lipinski definition) is 1.